The largest absolute Gasteiger partial charge is 0.436 e. The monoisotopic (exact) mass is 326 g/mol. The Morgan fingerprint density at radius 2 is 1.72 bits per heavy atom. The molecule has 2 heterocycles. The minimum atomic E-state index is 0.0294. The number of nitrogens with zero attached hydrogens (tertiary/aromatic N) is 2. The van der Waals surface area contributed by atoms with Gasteiger partial charge >= 0.3 is 0 Å². The number of oxazole rings is 1. The van der Waals surface area contributed by atoms with Crippen molar-refractivity contribution >= 4 is 22.7 Å². The number of hydrogen-bond donors (Lipinski definition) is 0. The average molecular weight is 326 g/mol. The Kier molecular flexibility index (Phi) is 2.97. The summed E-state index contributed by atoms with van der Waals surface area (Å²) in [5, 5.41) is 0. The van der Waals surface area contributed by atoms with Crippen molar-refractivity contribution in [2.45, 2.75) is 6.54 Å². The van der Waals surface area contributed by atoms with Gasteiger partial charge in [-0.15, -0.1) is 0 Å². The van der Waals surface area contributed by atoms with Crippen LogP contribution in [-0.4, -0.2) is 10.9 Å². The molecule has 0 N–H and O–H groups in total. The third-order valence-electron chi connectivity index (χ3n) is 4.52. The zero-order chi connectivity index (χ0) is 16.8. The molecule has 0 radical (unpaired) electrons. The van der Waals surface area contributed by atoms with Gasteiger partial charge in [0.15, 0.2) is 5.58 Å². The molecule has 0 saturated carbocycles. The first-order valence-electron chi connectivity index (χ1n) is 8.15. The highest BCUT2D eigenvalue weighted by Crippen LogP contribution is 2.31. The molecule has 0 aliphatic carbocycles. The highest BCUT2D eigenvalue weighted by Gasteiger charge is 2.28. The van der Waals surface area contributed by atoms with E-state index in [-0.39, 0.29) is 5.91 Å². The van der Waals surface area contributed by atoms with E-state index in [1.54, 1.807) is 4.90 Å². The first-order valence-corrected chi connectivity index (χ1v) is 8.15. The van der Waals surface area contributed by atoms with Crippen molar-refractivity contribution in [3.63, 3.8) is 0 Å². The van der Waals surface area contributed by atoms with E-state index < -0.39 is 0 Å². The molecule has 1 aliphatic heterocycles. The van der Waals surface area contributed by atoms with Crippen LogP contribution in [0.4, 0.5) is 5.69 Å². The second-order valence-corrected chi connectivity index (χ2v) is 6.09. The minimum absolute atomic E-state index is 0.0294. The Hall–Kier alpha value is -3.40. The summed E-state index contributed by atoms with van der Waals surface area (Å²) in [6.07, 6.45) is 0. The summed E-state index contributed by atoms with van der Waals surface area (Å²) in [5.74, 6) is 0.616. The van der Waals surface area contributed by atoms with Crippen molar-refractivity contribution in [2.75, 3.05) is 4.90 Å². The van der Waals surface area contributed by atoms with Gasteiger partial charge in [0, 0.05) is 16.8 Å². The van der Waals surface area contributed by atoms with Crippen molar-refractivity contribution < 1.29 is 9.21 Å². The molecule has 3 aromatic carbocycles. The lowest BCUT2D eigenvalue weighted by atomic mass is 10.1. The standard InChI is InChI=1S/C21H14N2O2/c24-21-17-9-5-4-8-15(17)13-23(21)16-10-11-19-18(12-16)22-20(25-19)14-6-2-1-3-7-14/h1-12H,13H2. The van der Waals surface area contributed by atoms with Crippen molar-refractivity contribution in [3.8, 4) is 11.5 Å². The molecule has 0 fully saturated rings. The summed E-state index contributed by atoms with van der Waals surface area (Å²) in [6, 6.07) is 23.2. The summed E-state index contributed by atoms with van der Waals surface area (Å²) in [4.78, 5) is 19.0. The van der Waals surface area contributed by atoms with Crippen LogP contribution in [0.15, 0.2) is 77.2 Å². The molecule has 0 saturated heterocycles. The van der Waals surface area contributed by atoms with Crippen LogP contribution >= 0.6 is 0 Å². The number of carbonyl (C=O) groups excluding carboxylic acids is 1. The second-order valence-electron chi connectivity index (χ2n) is 6.09. The van der Waals surface area contributed by atoms with Gasteiger partial charge in [0.05, 0.1) is 6.54 Å². The number of hydrogen-bond acceptors (Lipinski definition) is 3. The summed E-state index contributed by atoms with van der Waals surface area (Å²) in [6.45, 7) is 0.587. The molecule has 4 nitrogen and oxygen atoms in total. The van der Waals surface area contributed by atoms with E-state index in [1.165, 1.54) is 0 Å². The molecule has 5 rings (SSSR count). The van der Waals surface area contributed by atoms with Gasteiger partial charge in [-0.05, 0) is 42.0 Å². The molecular weight excluding hydrogens is 312 g/mol. The number of fused-ring (bicyclic) bond motifs is 2. The van der Waals surface area contributed by atoms with E-state index in [0.29, 0.717) is 18.0 Å². The van der Waals surface area contributed by atoms with E-state index in [0.717, 1.165) is 27.9 Å². The van der Waals surface area contributed by atoms with Crippen LogP contribution in [0.2, 0.25) is 0 Å². The molecule has 4 heteroatoms. The van der Waals surface area contributed by atoms with Gasteiger partial charge in [-0.3, -0.25) is 4.79 Å². The predicted octanol–water partition coefficient (Wildman–Crippen LogP) is 4.66. The number of rotatable bonds is 2. The molecule has 4 aromatic rings. The number of anilines is 1. The maximum atomic E-state index is 12.6. The molecular formula is C21H14N2O2. The van der Waals surface area contributed by atoms with E-state index in [9.17, 15) is 4.79 Å². The van der Waals surface area contributed by atoms with Gasteiger partial charge < -0.3 is 9.32 Å². The molecule has 0 spiro atoms. The van der Waals surface area contributed by atoms with Crippen LogP contribution in [0.3, 0.4) is 0 Å². The molecule has 1 aromatic heterocycles. The lowest BCUT2D eigenvalue weighted by molar-refractivity contribution is 0.0996. The van der Waals surface area contributed by atoms with Gasteiger partial charge in [0.25, 0.3) is 5.91 Å². The highest BCUT2D eigenvalue weighted by molar-refractivity contribution is 6.10. The third kappa shape index (κ3) is 2.22. The van der Waals surface area contributed by atoms with Crippen molar-refractivity contribution in [1.82, 2.24) is 4.98 Å². The minimum Gasteiger partial charge on any atom is -0.436 e. The Morgan fingerprint density at radius 3 is 2.56 bits per heavy atom. The predicted molar refractivity (Wildman–Crippen MR) is 96.4 cm³/mol. The molecule has 25 heavy (non-hydrogen) atoms. The van der Waals surface area contributed by atoms with Crippen LogP contribution in [-0.2, 0) is 6.54 Å². The first-order chi connectivity index (χ1) is 12.3. The van der Waals surface area contributed by atoms with Gasteiger partial charge in [-0.25, -0.2) is 4.98 Å². The average Bonchev–Trinajstić information content (AvgIpc) is 3.23. The summed E-state index contributed by atoms with van der Waals surface area (Å²) >= 11 is 0. The lowest BCUT2D eigenvalue weighted by Crippen LogP contribution is -2.22. The fraction of sp³-hybridized carbons (Fsp3) is 0.0476. The summed E-state index contributed by atoms with van der Waals surface area (Å²) in [7, 11) is 0. The van der Waals surface area contributed by atoms with Crippen LogP contribution in [0.25, 0.3) is 22.6 Å². The number of benzene rings is 3. The van der Waals surface area contributed by atoms with E-state index in [2.05, 4.69) is 4.98 Å². The van der Waals surface area contributed by atoms with Crippen LogP contribution < -0.4 is 4.90 Å². The third-order valence-corrected chi connectivity index (χ3v) is 4.52. The molecule has 0 unspecified atom stereocenters. The van der Waals surface area contributed by atoms with Gasteiger partial charge in [0.1, 0.15) is 5.52 Å². The second kappa shape index (κ2) is 5.31. The fourth-order valence-electron chi connectivity index (χ4n) is 3.25. The maximum absolute atomic E-state index is 12.6. The normalized spacial score (nSPS) is 13.4. The van der Waals surface area contributed by atoms with Crippen LogP contribution in [0.5, 0.6) is 0 Å². The molecule has 0 bridgehead atoms. The van der Waals surface area contributed by atoms with E-state index in [1.807, 2.05) is 72.8 Å². The van der Waals surface area contributed by atoms with Crippen LogP contribution in [0.1, 0.15) is 15.9 Å². The van der Waals surface area contributed by atoms with Crippen LogP contribution in [0, 0.1) is 0 Å². The van der Waals surface area contributed by atoms with Crippen molar-refractivity contribution in [2.24, 2.45) is 0 Å². The summed E-state index contributed by atoms with van der Waals surface area (Å²) in [5.41, 5.74) is 5.06. The SMILES string of the molecule is O=C1c2ccccc2CN1c1ccc2oc(-c3ccccc3)nc2c1. The Bertz CT molecular complexity index is 1100. The number of carbonyl (C=O) groups is 1. The summed E-state index contributed by atoms with van der Waals surface area (Å²) < 4.78 is 5.85. The molecule has 120 valence electrons. The van der Waals surface area contributed by atoms with E-state index >= 15 is 0 Å². The number of amides is 1. The maximum Gasteiger partial charge on any atom is 0.258 e. The van der Waals surface area contributed by atoms with Gasteiger partial charge in [0.2, 0.25) is 5.89 Å². The highest BCUT2D eigenvalue weighted by atomic mass is 16.3. The topological polar surface area (TPSA) is 46.3 Å². The van der Waals surface area contributed by atoms with Crippen molar-refractivity contribution in [1.29, 1.82) is 0 Å². The zero-order valence-electron chi connectivity index (χ0n) is 13.3. The smallest absolute Gasteiger partial charge is 0.258 e. The lowest BCUT2D eigenvalue weighted by Gasteiger charge is -2.15. The zero-order valence-corrected chi connectivity index (χ0v) is 13.3. The molecule has 1 amide bonds. The van der Waals surface area contributed by atoms with Gasteiger partial charge in [-0.2, -0.15) is 0 Å². The quantitative estimate of drug-likeness (QED) is 0.538. The molecule has 0 atom stereocenters. The Labute approximate surface area is 144 Å². The molecule has 1 aliphatic rings. The Morgan fingerprint density at radius 1 is 0.920 bits per heavy atom. The van der Waals surface area contributed by atoms with Gasteiger partial charge in [-0.1, -0.05) is 36.4 Å². The fourth-order valence-corrected chi connectivity index (χ4v) is 3.25. The first kappa shape index (κ1) is 14.0. The van der Waals surface area contributed by atoms with E-state index in [4.69, 9.17) is 4.42 Å². The van der Waals surface area contributed by atoms with Crippen molar-refractivity contribution in [3.05, 3.63) is 83.9 Å². The number of aromatic nitrogens is 1. The Balaban J connectivity index is 1.55.